The Balaban J connectivity index is 1.95. The SMILES string of the molecule is CCC1CCC(Nc2ccc(C(F)(F)F)nc2)C1. The first kappa shape index (κ1) is 13.2. The first-order chi connectivity index (χ1) is 8.49. The zero-order valence-electron chi connectivity index (χ0n) is 10.3. The number of rotatable bonds is 3. The van der Waals surface area contributed by atoms with Crippen LogP contribution in [-0.2, 0) is 6.18 Å². The molecule has 1 fully saturated rings. The Labute approximate surface area is 105 Å². The largest absolute Gasteiger partial charge is 0.433 e. The zero-order valence-corrected chi connectivity index (χ0v) is 10.3. The summed E-state index contributed by atoms with van der Waals surface area (Å²) < 4.78 is 37.0. The molecule has 0 radical (unpaired) electrons. The summed E-state index contributed by atoms with van der Waals surface area (Å²) in [5.41, 5.74) is -0.171. The molecule has 1 aliphatic rings. The molecule has 1 saturated carbocycles. The predicted octanol–water partition coefficient (Wildman–Crippen LogP) is 4.09. The lowest BCUT2D eigenvalue weighted by Crippen LogP contribution is -2.16. The molecular weight excluding hydrogens is 241 g/mol. The third-order valence-corrected chi connectivity index (χ3v) is 3.54. The van der Waals surface area contributed by atoms with Gasteiger partial charge in [-0.25, -0.2) is 4.98 Å². The first-order valence-corrected chi connectivity index (χ1v) is 6.29. The maximum atomic E-state index is 12.3. The highest BCUT2D eigenvalue weighted by atomic mass is 19.4. The summed E-state index contributed by atoms with van der Waals surface area (Å²) in [6, 6.07) is 2.84. The van der Waals surface area contributed by atoms with Gasteiger partial charge < -0.3 is 5.32 Å². The highest BCUT2D eigenvalue weighted by Gasteiger charge is 2.32. The summed E-state index contributed by atoms with van der Waals surface area (Å²) in [4.78, 5) is 3.44. The fourth-order valence-corrected chi connectivity index (χ4v) is 2.46. The van der Waals surface area contributed by atoms with E-state index in [4.69, 9.17) is 0 Å². The Morgan fingerprint density at radius 1 is 1.33 bits per heavy atom. The first-order valence-electron chi connectivity index (χ1n) is 6.29. The Hall–Kier alpha value is -1.26. The van der Waals surface area contributed by atoms with E-state index in [1.165, 1.54) is 25.1 Å². The number of nitrogens with zero attached hydrogens (tertiary/aromatic N) is 1. The lowest BCUT2D eigenvalue weighted by atomic mass is 10.1. The van der Waals surface area contributed by atoms with E-state index < -0.39 is 11.9 Å². The van der Waals surface area contributed by atoms with Gasteiger partial charge in [-0.1, -0.05) is 13.3 Å². The molecule has 2 nitrogen and oxygen atoms in total. The van der Waals surface area contributed by atoms with Crippen LogP contribution in [0.15, 0.2) is 18.3 Å². The molecule has 0 saturated heterocycles. The van der Waals surface area contributed by atoms with Gasteiger partial charge in [0.05, 0.1) is 11.9 Å². The average Bonchev–Trinajstić information content (AvgIpc) is 2.76. The summed E-state index contributed by atoms with van der Waals surface area (Å²) >= 11 is 0. The summed E-state index contributed by atoms with van der Waals surface area (Å²) in [7, 11) is 0. The van der Waals surface area contributed by atoms with E-state index in [1.807, 2.05) is 0 Å². The molecule has 5 heteroatoms. The van der Waals surface area contributed by atoms with Gasteiger partial charge in [-0.05, 0) is 37.3 Å². The molecule has 1 aromatic rings. The van der Waals surface area contributed by atoms with Crippen LogP contribution in [0.25, 0.3) is 0 Å². The van der Waals surface area contributed by atoms with E-state index in [1.54, 1.807) is 0 Å². The van der Waals surface area contributed by atoms with Gasteiger partial charge in [-0.2, -0.15) is 13.2 Å². The van der Waals surface area contributed by atoms with Crippen LogP contribution in [0.3, 0.4) is 0 Å². The van der Waals surface area contributed by atoms with Crippen molar-refractivity contribution in [2.75, 3.05) is 5.32 Å². The number of alkyl halides is 3. The van der Waals surface area contributed by atoms with Crippen molar-refractivity contribution in [3.63, 3.8) is 0 Å². The minimum Gasteiger partial charge on any atom is -0.381 e. The van der Waals surface area contributed by atoms with Crippen LogP contribution in [0, 0.1) is 5.92 Å². The van der Waals surface area contributed by atoms with Gasteiger partial charge >= 0.3 is 6.18 Å². The van der Waals surface area contributed by atoms with E-state index in [0.717, 1.165) is 24.8 Å². The van der Waals surface area contributed by atoms with Crippen molar-refractivity contribution in [1.82, 2.24) is 4.98 Å². The molecule has 0 bridgehead atoms. The van der Waals surface area contributed by atoms with Gasteiger partial charge in [0.1, 0.15) is 5.69 Å². The summed E-state index contributed by atoms with van der Waals surface area (Å²) in [6.07, 6.45) is 1.45. The lowest BCUT2D eigenvalue weighted by molar-refractivity contribution is -0.141. The number of hydrogen-bond acceptors (Lipinski definition) is 2. The van der Waals surface area contributed by atoms with E-state index in [0.29, 0.717) is 11.7 Å². The van der Waals surface area contributed by atoms with Crippen molar-refractivity contribution in [3.8, 4) is 0 Å². The van der Waals surface area contributed by atoms with Crippen LogP contribution in [0.2, 0.25) is 0 Å². The zero-order chi connectivity index (χ0) is 13.2. The Bertz CT molecular complexity index is 386. The van der Waals surface area contributed by atoms with Crippen LogP contribution in [0.5, 0.6) is 0 Å². The van der Waals surface area contributed by atoms with Gasteiger partial charge in [-0.15, -0.1) is 0 Å². The molecule has 0 aliphatic heterocycles. The fourth-order valence-electron chi connectivity index (χ4n) is 2.46. The quantitative estimate of drug-likeness (QED) is 0.883. The van der Waals surface area contributed by atoms with E-state index >= 15 is 0 Å². The van der Waals surface area contributed by atoms with Crippen molar-refractivity contribution < 1.29 is 13.2 Å². The maximum Gasteiger partial charge on any atom is 0.433 e. The van der Waals surface area contributed by atoms with Crippen LogP contribution in [0.1, 0.15) is 38.3 Å². The van der Waals surface area contributed by atoms with E-state index in [9.17, 15) is 13.2 Å². The second-order valence-corrected chi connectivity index (χ2v) is 4.86. The number of anilines is 1. The lowest BCUT2D eigenvalue weighted by Gasteiger charge is -2.14. The maximum absolute atomic E-state index is 12.3. The van der Waals surface area contributed by atoms with Crippen molar-refractivity contribution in [3.05, 3.63) is 24.0 Å². The summed E-state index contributed by atoms with van der Waals surface area (Å²) in [6.45, 7) is 2.17. The third-order valence-electron chi connectivity index (χ3n) is 3.54. The molecule has 1 aromatic heterocycles. The molecule has 1 heterocycles. The molecular formula is C13H17F3N2. The second kappa shape index (κ2) is 5.16. The molecule has 100 valence electrons. The second-order valence-electron chi connectivity index (χ2n) is 4.86. The third kappa shape index (κ3) is 3.15. The molecule has 2 unspecified atom stereocenters. The topological polar surface area (TPSA) is 24.9 Å². The van der Waals surface area contributed by atoms with Crippen LogP contribution < -0.4 is 5.32 Å². The normalized spacial score (nSPS) is 24.2. The minimum atomic E-state index is -4.36. The average molecular weight is 258 g/mol. The Kier molecular flexibility index (Phi) is 3.78. The monoisotopic (exact) mass is 258 g/mol. The number of nitrogens with one attached hydrogen (secondary N) is 1. The minimum absolute atomic E-state index is 0.369. The van der Waals surface area contributed by atoms with Gasteiger partial charge in [0.15, 0.2) is 0 Å². The van der Waals surface area contributed by atoms with Crippen molar-refractivity contribution in [2.45, 2.75) is 44.8 Å². The molecule has 2 rings (SSSR count). The summed E-state index contributed by atoms with van der Waals surface area (Å²) in [5, 5.41) is 3.25. The summed E-state index contributed by atoms with van der Waals surface area (Å²) in [5.74, 6) is 0.741. The van der Waals surface area contributed by atoms with E-state index in [-0.39, 0.29) is 0 Å². The fraction of sp³-hybridized carbons (Fsp3) is 0.615. The molecule has 0 aromatic carbocycles. The van der Waals surface area contributed by atoms with Crippen LogP contribution >= 0.6 is 0 Å². The Morgan fingerprint density at radius 3 is 2.61 bits per heavy atom. The molecule has 18 heavy (non-hydrogen) atoms. The number of aromatic nitrogens is 1. The van der Waals surface area contributed by atoms with Crippen molar-refractivity contribution in [2.24, 2.45) is 5.92 Å². The molecule has 0 spiro atoms. The molecule has 0 amide bonds. The standard InChI is InChI=1S/C13H17F3N2/c1-2-9-3-4-10(7-9)18-11-5-6-12(17-8-11)13(14,15)16/h5-6,8-10,18H,2-4,7H2,1H3. The number of pyridine rings is 1. The van der Waals surface area contributed by atoms with Crippen molar-refractivity contribution in [1.29, 1.82) is 0 Å². The highest BCUT2D eigenvalue weighted by Crippen LogP contribution is 2.31. The predicted molar refractivity (Wildman–Crippen MR) is 64.3 cm³/mol. The van der Waals surface area contributed by atoms with Crippen LogP contribution in [-0.4, -0.2) is 11.0 Å². The van der Waals surface area contributed by atoms with E-state index in [2.05, 4.69) is 17.2 Å². The smallest absolute Gasteiger partial charge is 0.381 e. The van der Waals surface area contributed by atoms with Gasteiger partial charge in [0.25, 0.3) is 0 Å². The number of hydrogen-bond donors (Lipinski definition) is 1. The molecule has 1 N–H and O–H groups in total. The Morgan fingerprint density at radius 2 is 2.11 bits per heavy atom. The van der Waals surface area contributed by atoms with Crippen molar-refractivity contribution >= 4 is 5.69 Å². The molecule has 1 aliphatic carbocycles. The van der Waals surface area contributed by atoms with Gasteiger partial charge in [0.2, 0.25) is 0 Å². The van der Waals surface area contributed by atoms with Gasteiger partial charge in [0, 0.05) is 6.04 Å². The highest BCUT2D eigenvalue weighted by molar-refractivity contribution is 5.42. The number of halogens is 3. The van der Waals surface area contributed by atoms with Crippen LogP contribution in [0.4, 0.5) is 18.9 Å². The molecule has 2 atom stereocenters. The van der Waals surface area contributed by atoms with Gasteiger partial charge in [-0.3, -0.25) is 0 Å².